The number of methoxy groups -OCH3 is 1. The Hall–Kier alpha value is -0.420. The summed E-state index contributed by atoms with van der Waals surface area (Å²) in [7, 11) is 1.83. The molecule has 0 aromatic rings. The van der Waals surface area contributed by atoms with Crippen molar-refractivity contribution in [3.05, 3.63) is 11.6 Å². The monoisotopic (exact) mass is 488 g/mol. The Balaban J connectivity index is 1.72. The molecule has 0 bridgehead atoms. The molecular weight excluding hydrogens is 436 g/mol. The zero-order valence-electron chi connectivity index (χ0n) is 23.8. The van der Waals surface area contributed by atoms with Gasteiger partial charge in [-0.05, 0) is 72.0 Å². The van der Waals surface area contributed by atoms with Crippen LogP contribution in [0.25, 0.3) is 0 Å². The highest BCUT2D eigenvalue weighted by molar-refractivity contribution is 5.38. The minimum Gasteiger partial charge on any atom is -0.392 e. The van der Waals surface area contributed by atoms with Crippen LogP contribution in [0.4, 0.5) is 0 Å². The van der Waals surface area contributed by atoms with Crippen molar-refractivity contribution in [2.45, 2.75) is 118 Å². The van der Waals surface area contributed by atoms with Gasteiger partial charge in [0.05, 0.1) is 24.4 Å². The summed E-state index contributed by atoms with van der Waals surface area (Å²) in [5, 5.41) is 34.8. The number of ether oxygens (including phenoxy) is 1. The fourth-order valence-corrected chi connectivity index (χ4v) is 11.2. The lowest BCUT2D eigenvalue weighted by atomic mass is 9.32. The molecule has 4 heteroatoms. The number of rotatable bonds is 1. The lowest BCUT2D eigenvalue weighted by molar-refractivity contribution is -0.274. The van der Waals surface area contributed by atoms with Crippen molar-refractivity contribution in [2.75, 3.05) is 7.11 Å². The summed E-state index contributed by atoms with van der Waals surface area (Å²) in [6.07, 6.45) is 6.46. The smallest absolute Gasteiger partial charge is 0.0794 e. The first-order valence-corrected chi connectivity index (χ1v) is 14.4. The lowest BCUT2D eigenvalue weighted by Crippen LogP contribution is -2.72. The zero-order chi connectivity index (χ0) is 25.9. The third-order valence-corrected chi connectivity index (χ3v) is 13.7. The van der Waals surface area contributed by atoms with Gasteiger partial charge in [-0.1, -0.05) is 67.0 Å². The summed E-state index contributed by atoms with van der Waals surface area (Å²) in [6, 6.07) is 0. The number of hydrogen-bond donors (Lipinski definition) is 3. The highest BCUT2D eigenvalue weighted by Crippen LogP contribution is 2.75. The first-order valence-electron chi connectivity index (χ1n) is 14.4. The maximum absolute atomic E-state index is 12.1. The molecule has 0 saturated heterocycles. The molecule has 35 heavy (non-hydrogen) atoms. The van der Waals surface area contributed by atoms with E-state index in [2.05, 4.69) is 61.5 Å². The summed E-state index contributed by atoms with van der Waals surface area (Å²) >= 11 is 0. The van der Waals surface area contributed by atoms with Gasteiger partial charge in [0.2, 0.25) is 0 Å². The van der Waals surface area contributed by atoms with E-state index in [0.717, 1.165) is 19.3 Å². The highest BCUT2D eigenvalue weighted by Gasteiger charge is 2.73. The number of hydrogen-bond acceptors (Lipinski definition) is 4. The number of aliphatic hydroxyl groups is 3. The molecule has 2 unspecified atom stereocenters. The van der Waals surface area contributed by atoms with E-state index >= 15 is 0 Å². The second-order valence-electron chi connectivity index (χ2n) is 15.2. The molecule has 0 aromatic carbocycles. The number of aliphatic hydroxyl groups excluding tert-OH is 3. The molecule has 0 aromatic heterocycles. The third-order valence-electron chi connectivity index (χ3n) is 13.7. The minimum atomic E-state index is -0.587. The minimum absolute atomic E-state index is 0.0737. The van der Waals surface area contributed by atoms with E-state index in [-0.39, 0.29) is 39.6 Å². The summed E-state index contributed by atoms with van der Waals surface area (Å²) in [5.41, 5.74) is 0.341. The first-order chi connectivity index (χ1) is 16.1. The average Bonchev–Trinajstić information content (AvgIpc) is 2.77. The van der Waals surface area contributed by atoms with E-state index in [0.29, 0.717) is 24.2 Å². The van der Waals surface area contributed by atoms with Gasteiger partial charge in [0, 0.05) is 30.3 Å². The molecule has 5 aliphatic carbocycles. The molecule has 5 aliphatic rings. The Morgan fingerprint density at radius 2 is 1.54 bits per heavy atom. The van der Waals surface area contributed by atoms with Crippen LogP contribution in [-0.2, 0) is 4.74 Å². The van der Waals surface area contributed by atoms with Gasteiger partial charge in [-0.2, -0.15) is 0 Å². The molecule has 0 radical (unpaired) electrons. The number of fused-ring (bicyclic) bond motifs is 7. The molecule has 3 N–H and O–H groups in total. The topological polar surface area (TPSA) is 69.9 Å². The van der Waals surface area contributed by atoms with Gasteiger partial charge in [0.15, 0.2) is 0 Å². The maximum Gasteiger partial charge on any atom is 0.0794 e. The molecule has 200 valence electrons. The SMILES string of the molecule is CO[C@@H]1C=C2[C@@H]3[C@@H](C)[C@H](C)CC[C@]3(C)C[C@H](O)[C@@]2(C)[C@]2(C)CCC3C(C)(C)[C@@H](O)C[C@@H](O)[C@]3(C)C12. The van der Waals surface area contributed by atoms with E-state index in [1.54, 1.807) is 0 Å². The highest BCUT2D eigenvalue weighted by atomic mass is 16.5. The summed E-state index contributed by atoms with van der Waals surface area (Å²) in [6.45, 7) is 18.7. The van der Waals surface area contributed by atoms with Crippen molar-refractivity contribution < 1.29 is 20.1 Å². The van der Waals surface area contributed by atoms with Crippen molar-refractivity contribution in [3.63, 3.8) is 0 Å². The summed E-state index contributed by atoms with van der Waals surface area (Å²) < 4.78 is 6.36. The summed E-state index contributed by atoms with van der Waals surface area (Å²) in [4.78, 5) is 0. The van der Waals surface area contributed by atoms with Gasteiger partial charge in [-0.15, -0.1) is 0 Å². The van der Waals surface area contributed by atoms with Crippen LogP contribution < -0.4 is 0 Å². The molecule has 5 rings (SSSR count). The normalized spacial score (nSPS) is 59.4. The molecule has 0 amide bonds. The maximum atomic E-state index is 12.1. The van der Waals surface area contributed by atoms with Crippen LogP contribution in [0.15, 0.2) is 11.6 Å². The fourth-order valence-electron chi connectivity index (χ4n) is 11.2. The van der Waals surface area contributed by atoms with Gasteiger partial charge < -0.3 is 20.1 Å². The molecule has 13 atom stereocenters. The van der Waals surface area contributed by atoms with Gasteiger partial charge in [-0.3, -0.25) is 0 Å². The predicted octanol–water partition coefficient (Wildman–Crippen LogP) is 5.59. The fraction of sp³-hybridized carbons (Fsp3) is 0.935. The second-order valence-corrected chi connectivity index (χ2v) is 15.2. The van der Waals surface area contributed by atoms with Crippen LogP contribution in [0.2, 0.25) is 0 Å². The molecule has 0 aliphatic heterocycles. The van der Waals surface area contributed by atoms with Crippen LogP contribution in [0, 0.1) is 56.7 Å². The molecule has 4 fully saturated rings. The van der Waals surface area contributed by atoms with Crippen LogP contribution in [0.5, 0.6) is 0 Å². The van der Waals surface area contributed by atoms with Gasteiger partial charge >= 0.3 is 0 Å². The van der Waals surface area contributed by atoms with Crippen molar-refractivity contribution in [3.8, 4) is 0 Å². The Morgan fingerprint density at radius 3 is 2.17 bits per heavy atom. The quantitative estimate of drug-likeness (QED) is 0.421. The Morgan fingerprint density at radius 1 is 0.886 bits per heavy atom. The van der Waals surface area contributed by atoms with Gasteiger partial charge in [-0.25, -0.2) is 0 Å². The average molecular weight is 489 g/mol. The molecular formula is C31H52O4. The first kappa shape index (κ1) is 26.2. The van der Waals surface area contributed by atoms with E-state index < -0.39 is 23.7 Å². The largest absolute Gasteiger partial charge is 0.392 e. The molecule has 4 nitrogen and oxygen atoms in total. The molecule has 4 saturated carbocycles. The Kier molecular flexibility index (Phi) is 5.84. The van der Waals surface area contributed by atoms with Gasteiger partial charge in [0.25, 0.3) is 0 Å². The van der Waals surface area contributed by atoms with Gasteiger partial charge in [0.1, 0.15) is 0 Å². The summed E-state index contributed by atoms with van der Waals surface area (Å²) in [5.74, 6) is 1.98. The Labute approximate surface area is 213 Å². The van der Waals surface area contributed by atoms with E-state index in [1.807, 2.05) is 7.11 Å². The van der Waals surface area contributed by atoms with Crippen LogP contribution in [0.1, 0.15) is 93.9 Å². The second kappa shape index (κ2) is 7.80. The van der Waals surface area contributed by atoms with Crippen molar-refractivity contribution in [1.82, 2.24) is 0 Å². The van der Waals surface area contributed by atoms with Crippen molar-refractivity contribution >= 4 is 0 Å². The van der Waals surface area contributed by atoms with Crippen molar-refractivity contribution in [2.24, 2.45) is 56.7 Å². The lowest BCUT2D eigenvalue weighted by Gasteiger charge is -2.73. The van der Waals surface area contributed by atoms with Crippen LogP contribution >= 0.6 is 0 Å². The molecule has 0 spiro atoms. The van der Waals surface area contributed by atoms with E-state index in [4.69, 9.17) is 4.74 Å². The standard InChI is InChI=1S/C31H52O4/c1-17-10-12-28(5)16-24(34)31(8)19(25(28)18(17)2)14-20(35-9)26-29(31,6)13-11-21-27(3,4)22(32)15-23(33)30(21,26)7/h14,17-18,20-26,32-34H,10-13,15-16H2,1-9H3/t17-,18+,20-,21?,22+,23-,24+,25+,26?,28-,29-,30-,31+/m1/s1. The Bertz CT molecular complexity index is 896. The molecule has 0 heterocycles. The van der Waals surface area contributed by atoms with Crippen LogP contribution in [0.3, 0.4) is 0 Å². The third kappa shape index (κ3) is 3.00. The van der Waals surface area contributed by atoms with Crippen molar-refractivity contribution in [1.29, 1.82) is 0 Å². The van der Waals surface area contributed by atoms with E-state index in [1.165, 1.54) is 18.4 Å². The van der Waals surface area contributed by atoms with Crippen LogP contribution in [-0.4, -0.2) is 46.8 Å². The predicted molar refractivity (Wildman–Crippen MR) is 140 cm³/mol. The van der Waals surface area contributed by atoms with E-state index in [9.17, 15) is 15.3 Å². The zero-order valence-corrected chi connectivity index (χ0v) is 23.8.